The highest BCUT2D eigenvalue weighted by Gasteiger charge is 2.09. The highest BCUT2D eigenvalue weighted by molar-refractivity contribution is 5.35. The van der Waals surface area contributed by atoms with Crippen molar-refractivity contribution in [1.82, 2.24) is 5.32 Å². The van der Waals surface area contributed by atoms with Crippen LogP contribution in [-0.2, 0) is 0 Å². The number of hydrogen-bond acceptors (Lipinski definition) is 2. The molecule has 0 bridgehead atoms. The number of nitrogens with one attached hydrogen (secondary N) is 1. The average molecular weight is 221 g/mol. The fraction of sp³-hybridized carbons (Fsp3) is 0.571. The fourth-order valence-corrected chi connectivity index (χ4v) is 1.73. The highest BCUT2D eigenvalue weighted by atomic mass is 16.5. The van der Waals surface area contributed by atoms with Crippen molar-refractivity contribution in [2.75, 3.05) is 13.2 Å². The number of unbranched alkanes of at least 4 members (excludes halogenated alkanes) is 1. The molecule has 0 saturated heterocycles. The quantitative estimate of drug-likeness (QED) is 0.711. The van der Waals surface area contributed by atoms with E-state index in [1.54, 1.807) is 0 Å². The molecule has 1 unspecified atom stereocenters. The number of para-hydroxylation sites is 1. The van der Waals surface area contributed by atoms with Gasteiger partial charge >= 0.3 is 0 Å². The molecule has 0 aliphatic heterocycles. The van der Waals surface area contributed by atoms with Crippen LogP contribution in [0.25, 0.3) is 0 Å². The first kappa shape index (κ1) is 13.0. The van der Waals surface area contributed by atoms with Crippen LogP contribution in [0.4, 0.5) is 0 Å². The smallest absolute Gasteiger partial charge is 0.124 e. The van der Waals surface area contributed by atoms with Crippen molar-refractivity contribution in [3.05, 3.63) is 29.8 Å². The minimum Gasteiger partial charge on any atom is -0.494 e. The summed E-state index contributed by atoms with van der Waals surface area (Å²) in [4.78, 5) is 0. The van der Waals surface area contributed by atoms with Crippen LogP contribution in [-0.4, -0.2) is 13.2 Å². The minimum absolute atomic E-state index is 0.356. The standard InChI is InChI=1S/C14H23NO/c1-4-6-11-15-12(3)13-9-7-8-10-14(13)16-5-2/h7-10,12,15H,4-6,11H2,1-3H3. The van der Waals surface area contributed by atoms with Gasteiger partial charge in [-0.25, -0.2) is 0 Å². The van der Waals surface area contributed by atoms with Crippen LogP contribution in [0.1, 0.15) is 45.2 Å². The zero-order chi connectivity index (χ0) is 11.8. The Hall–Kier alpha value is -1.02. The van der Waals surface area contributed by atoms with Crippen LogP contribution < -0.4 is 10.1 Å². The Labute approximate surface area is 99.0 Å². The molecule has 2 nitrogen and oxygen atoms in total. The first-order chi connectivity index (χ1) is 7.79. The zero-order valence-electron chi connectivity index (χ0n) is 10.6. The molecule has 1 aromatic carbocycles. The van der Waals surface area contributed by atoms with Gasteiger partial charge in [-0.2, -0.15) is 0 Å². The van der Waals surface area contributed by atoms with E-state index >= 15 is 0 Å². The van der Waals surface area contributed by atoms with Crippen molar-refractivity contribution in [3.63, 3.8) is 0 Å². The molecular weight excluding hydrogens is 198 g/mol. The van der Waals surface area contributed by atoms with Crippen LogP contribution in [0.15, 0.2) is 24.3 Å². The molecule has 1 atom stereocenters. The van der Waals surface area contributed by atoms with E-state index in [-0.39, 0.29) is 0 Å². The van der Waals surface area contributed by atoms with Gasteiger partial charge in [0, 0.05) is 11.6 Å². The van der Waals surface area contributed by atoms with Gasteiger partial charge in [0.25, 0.3) is 0 Å². The molecule has 0 radical (unpaired) electrons. The van der Waals surface area contributed by atoms with Crippen LogP contribution in [0.2, 0.25) is 0 Å². The lowest BCUT2D eigenvalue weighted by Crippen LogP contribution is -2.20. The summed E-state index contributed by atoms with van der Waals surface area (Å²) in [5.74, 6) is 1.00. The number of benzene rings is 1. The van der Waals surface area contributed by atoms with Crippen molar-refractivity contribution >= 4 is 0 Å². The van der Waals surface area contributed by atoms with Gasteiger partial charge in [-0.05, 0) is 32.9 Å². The number of ether oxygens (including phenoxy) is 1. The number of rotatable bonds is 7. The maximum Gasteiger partial charge on any atom is 0.124 e. The van der Waals surface area contributed by atoms with Crippen molar-refractivity contribution in [1.29, 1.82) is 0 Å². The van der Waals surface area contributed by atoms with Crippen molar-refractivity contribution in [3.8, 4) is 5.75 Å². The summed E-state index contributed by atoms with van der Waals surface area (Å²) < 4.78 is 5.62. The largest absolute Gasteiger partial charge is 0.494 e. The molecule has 90 valence electrons. The third kappa shape index (κ3) is 3.86. The second-order valence-corrected chi connectivity index (χ2v) is 4.00. The van der Waals surface area contributed by atoms with E-state index in [9.17, 15) is 0 Å². The third-order valence-corrected chi connectivity index (χ3v) is 2.67. The monoisotopic (exact) mass is 221 g/mol. The van der Waals surface area contributed by atoms with Crippen molar-refractivity contribution in [2.45, 2.75) is 39.7 Å². The molecule has 1 N–H and O–H groups in total. The summed E-state index contributed by atoms with van der Waals surface area (Å²) in [6.45, 7) is 8.21. The lowest BCUT2D eigenvalue weighted by Gasteiger charge is -2.17. The Morgan fingerprint density at radius 3 is 2.69 bits per heavy atom. The molecule has 0 fully saturated rings. The third-order valence-electron chi connectivity index (χ3n) is 2.67. The van der Waals surface area contributed by atoms with Gasteiger partial charge < -0.3 is 10.1 Å². The zero-order valence-corrected chi connectivity index (χ0v) is 10.6. The summed E-state index contributed by atoms with van der Waals surface area (Å²) >= 11 is 0. The fourth-order valence-electron chi connectivity index (χ4n) is 1.73. The molecule has 0 amide bonds. The molecule has 0 heterocycles. The minimum atomic E-state index is 0.356. The first-order valence-electron chi connectivity index (χ1n) is 6.24. The van der Waals surface area contributed by atoms with Crippen LogP contribution in [0, 0.1) is 0 Å². The predicted molar refractivity (Wildman–Crippen MR) is 68.9 cm³/mol. The van der Waals surface area contributed by atoms with Crippen LogP contribution in [0.3, 0.4) is 0 Å². The molecule has 0 aliphatic rings. The lowest BCUT2D eigenvalue weighted by molar-refractivity contribution is 0.332. The Kier molecular flexibility index (Phi) is 5.94. The van der Waals surface area contributed by atoms with Gasteiger partial charge in [-0.15, -0.1) is 0 Å². The molecule has 1 aromatic rings. The van der Waals surface area contributed by atoms with Crippen molar-refractivity contribution in [2.24, 2.45) is 0 Å². The average Bonchev–Trinajstić information content (AvgIpc) is 2.30. The summed E-state index contributed by atoms with van der Waals surface area (Å²) in [6.07, 6.45) is 2.45. The summed E-state index contributed by atoms with van der Waals surface area (Å²) in [5, 5.41) is 3.52. The van der Waals surface area contributed by atoms with Gasteiger partial charge in [0.2, 0.25) is 0 Å². The van der Waals surface area contributed by atoms with Crippen LogP contribution >= 0.6 is 0 Å². The van der Waals surface area contributed by atoms with Gasteiger partial charge in [-0.3, -0.25) is 0 Å². The maximum atomic E-state index is 5.62. The predicted octanol–water partition coefficient (Wildman–Crippen LogP) is 3.54. The van der Waals surface area contributed by atoms with Crippen LogP contribution in [0.5, 0.6) is 5.75 Å². The highest BCUT2D eigenvalue weighted by Crippen LogP contribution is 2.24. The summed E-state index contributed by atoms with van der Waals surface area (Å²) in [6, 6.07) is 8.61. The molecular formula is C14H23NO. The normalized spacial score (nSPS) is 12.4. The Morgan fingerprint density at radius 2 is 2.00 bits per heavy atom. The van der Waals surface area contributed by atoms with Gasteiger partial charge in [0.05, 0.1) is 6.61 Å². The maximum absolute atomic E-state index is 5.62. The Balaban J connectivity index is 2.62. The Morgan fingerprint density at radius 1 is 1.25 bits per heavy atom. The van der Waals surface area contributed by atoms with Gasteiger partial charge in [0.1, 0.15) is 5.75 Å². The summed E-state index contributed by atoms with van der Waals surface area (Å²) in [5.41, 5.74) is 1.25. The SMILES string of the molecule is CCCCNC(C)c1ccccc1OCC. The van der Waals surface area contributed by atoms with Gasteiger partial charge in [-0.1, -0.05) is 31.5 Å². The lowest BCUT2D eigenvalue weighted by atomic mass is 10.1. The first-order valence-corrected chi connectivity index (χ1v) is 6.24. The molecule has 16 heavy (non-hydrogen) atoms. The molecule has 1 rings (SSSR count). The van der Waals surface area contributed by atoms with E-state index in [4.69, 9.17) is 4.74 Å². The molecule has 0 aromatic heterocycles. The topological polar surface area (TPSA) is 21.3 Å². The second-order valence-electron chi connectivity index (χ2n) is 4.00. The second kappa shape index (κ2) is 7.29. The molecule has 0 aliphatic carbocycles. The Bertz CT molecular complexity index is 299. The van der Waals surface area contributed by atoms with E-state index in [0.717, 1.165) is 18.9 Å². The van der Waals surface area contributed by atoms with E-state index in [1.807, 2.05) is 19.1 Å². The molecule has 0 spiro atoms. The molecule has 2 heteroatoms. The van der Waals surface area contributed by atoms with E-state index < -0.39 is 0 Å². The summed E-state index contributed by atoms with van der Waals surface area (Å²) in [7, 11) is 0. The number of hydrogen-bond donors (Lipinski definition) is 1. The molecule has 0 saturated carbocycles. The van der Waals surface area contributed by atoms with Gasteiger partial charge in [0.15, 0.2) is 0 Å². The van der Waals surface area contributed by atoms with Crippen molar-refractivity contribution < 1.29 is 4.74 Å². The van der Waals surface area contributed by atoms with E-state index in [0.29, 0.717) is 6.04 Å². The van der Waals surface area contributed by atoms with E-state index in [2.05, 4.69) is 31.3 Å². The van der Waals surface area contributed by atoms with E-state index in [1.165, 1.54) is 18.4 Å².